The Morgan fingerprint density at radius 2 is 2.15 bits per heavy atom. The van der Waals surface area contributed by atoms with E-state index in [1.54, 1.807) is 6.92 Å². The van der Waals surface area contributed by atoms with Crippen LogP contribution >= 0.6 is 0 Å². The Balaban J connectivity index is 2.16. The molecule has 1 aliphatic carbocycles. The van der Waals surface area contributed by atoms with Crippen molar-refractivity contribution in [1.29, 1.82) is 0 Å². The molecule has 2 amide bonds. The molecule has 1 aliphatic rings. The normalized spacial score (nSPS) is 19.8. The summed E-state index contributed by atoms with van der Waals surface area (Å²) in [5.41, 5.74) is 0. The molecule has 0 aliphatic heterocycles. The van der Waals surface area contributed by atoms with Crippen LogP contribution in [0.25, 0.3) is 0 Å². The number of amides is 2. The SMILES string of the molecule is C[C@@H](CO)NC(=O)NC1CCCC1. The highest BCUT2D eigenvalue weighted by Gasteiger charge is 2.17. The third kappa shape index (κ3) is 3.63. The van der Waals surface area contributed by atoms with E-state index in [-0.39, 0.29) is 18.7 Å². The average molecular weight is 186 g/mol. The van der Waals surface area contributed by atoms with Gasteiger partial charge in [-0.05, 0) is 19.8 Å². The third-order valence-electron chi connectivity index (χ3n) is 2.34. The van der Waals surface area contributed by atoms with Gasteiger partial charge >= 0.3 is 6.03 Å². The van der Waals surface area contributed by atoms with Gasteiger partial charge in [-0.25, -0.2) is 4.79 Å². The Morgan fingerprint density at radius 3 is 2.69 bits per heavy atom. The number of hydrogen-bond donors (Lipinski definition) is 3. The van der Waals surface area contributed by atoms with Crippen LogP contribution in [0.5, 0.6) is 0 Å². The second-order valence-electron chi connectivity index (χ2n) is 3.68. The maximum Gasteiger partial charge on any atom is 0.315 e. The van der Waals surface area contributed by atoms with Gasteiger partial charge in [-0.3, -0.25) is 0 Å². The maximum atomic E-state index is 11.2. The Bertz CT molecular complexity index is 167. The van der Waals surface area contributed by atoms with E-state index in [0.717, 1.165) is 12.8 Å². The molecule has 4 heteroatoms. The largest absolute Gasteiger partial charge is 0.394 e. The molecule has 13 heavy (non-hydrogen) atoms. The van der Waals surface area contributed by atoms with Gasteiger partial charge in [0.1, 0.15) is 0 Å². The standard InChI is InChI=1S/C9H18N2O2/c1-7(6-12)10-9(13)11-8-4-2-3-5-8/h7-8,12H,2-6H2,1H3,(H2,10,11,13)/t7-/m0/s1. The zero-order valence-corrected chi connectivity index (χ0v) is 8.05. The molecule has 1 rings (SSSR count). The van der Waals surface area contributed by atoms with Crippen LogP contribution in [-0.2, 0) is 0 Å². The Hall–Kier alpha value is -0.770. The summed E-state index contributed by atoms with van der Waals surface area (Å²) < 4.78 is 0. The fourth-order valence-electron chi connectivity index (χ4n) is 1.57. The zero-order chi connectivity index (χ0) is 9.68. The molecule has 0 radical (unpaired) electrons. The number of carbonyl (C=O) groups excluding carboxylic acids is 1. The summed E-state index contributed by atoms with van der Waals surface area (Å²) in [4.78, 5) is 11.2. The van der Waals surface area contributed by atoms with Crippen LogP contribution in [0.15, 0.2) is 0 Å². The minimum atomic E-state index is -0.165. The molecule has 1 saturated carbocycles. The third-order valence-corrected chi connectivity index (χ3v) is 2.34. The predicted molar refractivity (Wildman–Crippen MR) is 50.5 cm³/mol. The van der Waals surface area contributed by atoms with Gasteiger partial charge < -0.3 is 15.7 Å². The van der Waals surface area contributed by atoms with Crippen LogP contribution < -0.4 is 10.6 Å². The van der Waals surface area contributed by atoms with Crippen LogP contribution in [-0.4, -0.2) is 29.8 Å². The van der Waals surface area contributed by atoms with Crippen molar-refractivity contribution in [2.75, 3.05) is 6.61 Å². The van der Waals surface area contributed by atoms with Crippen molar-refractivity contribution in [1.82, 2.24) is 10.6 Å². The lowest BCUT2D eigenvalue weighted by molar-refractivity contribution is 0.217. The number of aliphatic hydroxyl groups excluding tert-OH is 1. The highest BCUT2D eigenvalue weighted by Crippen LogP contribution is 2.17. The van der Waals surface area contributed by atoms with E-state index >= 15 is 0 Å². The molecule has 1 fully saturated rings. The molecule has 0 saturated heterocycles. The van der Waals surface area contributed by atoms with Gasteiger partial charge in [0.2, 0.25) is 0 Å². The summed E-state index contributed by atoms with van der Waals surface area (Å²) in [5.74, 6) is 0. The van der Waals surface area contributed by atoms with Crippen molar-refractivity contribution in [2.24, 2.45) is 0 Å². The minimum Gasteiger partial charge on any atom is -0.394 e. The molecular weight excluding hydrogens is 168 g/mol. The van der Waals surface area contributed by atoms with Crippen LogP contribution in [0.3, 0.4) is 0 Å². The van der Waals surface area contributed by atoms with Gasteiger partial charge in [0, 0.05) is 6.04 Å². The number of aliphatic hydroxyl groups is 1. The lowest BCUT2D eigenvalue weighted by atomic mass is 10.2. The van der Waals surface area contributed by atoms with Gasteiger partial charge in [-0.15, -0.1) is 0 Å². The zero-order valence-electron chi connectivity index (χ0n) is 8.05. The van der Waals surface area contributed by atoms with Crippen LogP contribution in [0, 0.1) is 0 Å². The highest BCUT2D eigenvalue weighted by molar-refractivity contribution is 5.74. The van der Waals surface area contributed by atoms with Gasteiger partial charge in [0.05, 0.1) is 12.6 Å². The van der Waals surface area contributed by atoms with Gasteiger partial charge in [0.25, 0.3) is 0 Å². The first-order valence-electron chi connectivity index (χ1n) is 4.90. The first-order chi connectivity index (χ1) is 6.22. The van der Waals surface area contributed by atoms with Crippen LogP contribution in [0.4, 0.5) is 4.79 Å². The van der Waals surface area contributed by atoms with Crippen molar-refractivity contribution in [3.8, 4) is 0 Å². The summed E-state index contributed by atoms with van der Waals surface area (Å²) in [5, 5.41) is 14.2. The molecule has 0 aromatic heterocycles. The van der Waals surface area contributed by atoms with Crippen molar-refractivity contribution in [3.63, 3.8) is 0 Å². The fraction of sp³-hybridized carbons (Fsp3) is 0.889. The van der Waals surface area contributed by atoms with E-state index in [1.165, 1.54) is 12.8 Å². The lowest BCUT2D eigenvalue weighted by Crippen LogP contribution is -2.45. The maximum absolute atomic E-state index is 11.2. The van der Waals surface area contributed by atoms with E-state index < -0.39 is 0 Å². The van der Waals surface area contributed by atoms with Crippen molar-refractivity contribution in [2.45, 2.75) is 44.7 Å². The molecule has 0 aromatic carbocycles. The number of urea groups is 1. The molecule has 0 unspecified atom stereocenters. The monoisotopic (exact) mass is 186 g/mol. The first-order valence-corrected chi connectivity index (χ1v) is 4.90. The van der Waals surface area contributed by atoms with Gasteiger partial charge in [-0.1, -0.05) is 12.8 Å². The Morgan fingerprint density at radius 1 is 1.54 bits per heavy atom. The average Bonchev–Trinajstić information content (AvgIpc) is 2.56. The summed E-state index contributed by atoms with van der Waals surface area (Å²) in [6, 6.07) is 0.0146. The van der Waals surface area contributed by atoms with E-state index in [2.05, 4.69) is 10.6 Å². The van der Waals surface area contributed by atoms with Crippen molar-refractivity contribution >= 4 is 6.03 Å². The van der Waals surface area contributed by atoms with Gasteiger partial charge in [0.15, 0.2) is 0 Å². The Labute approximate surface area is 78.7 Å². The van der Waals surface area contributed by atoms with Crippen LogP contribution in [0.2, 0.25) is 0 Å². The summed E-state index contributed by atoms with van der Waals surface area (Å²) in [6.45, 7) is 1.76. The molecule has 76 valence electrons. The molecule has 4 nitrogen and oxygen atoms in total. The van der Waals surface area contributed by atoms with E-state index in [1.807, 2.05) is 0 Å². The molecule has 0 bridgehead atoms. The van der Waals surface area contributed by atoms with Crippen LogP contribution in [0.1, 0.15) is 32.6 Å². The number of carbonyl (C=O) groups is 1. The summed E-state index contributed by atoms with van der Waals surface area (Å²) >= 11 is 0. The highest BCUT2D eigenvalue weighted by atomic mass is 16.3. The summed E-state index contributed by atoms with van der Waals surface area (Å²) in [7, 11) is 0. The number of nitrogens with one attached hydrogen (secondary N) is 2. The van der Waals surface area contributed by atoms with E-state index in [9.17, 15) is 4.79 Å². The first kappa shape index (κ1) is 10.3. The molecule has 0 heterocycles. The quantitative estimate of drug-likeness (QED) is 0.604. The Kier molecular flexibility index (Phi) is 4.02. The predicted octanol–water partition coefficient (Wildman–Crippen LogP) is 0.609. The smallest absolute Gasteiger partial charge is 0.315 e. The molecule has 0 spiro atoms. The summed E-state index contributed by atoms with van der Waals surface area (Å²) in [6.07, 6.45) is 4.59. The number of hydrogen-bond acceptors (Lipinski definition) is 2. The molecular formula is C9H18N2O2. The van der Waals surface area contributed by atoms with E-state index in [0.29, 0.717) is 6.04 Å². The van der Waals surface area contributed by atoms with Crippen molar-refractivity contribution < 1.29 is 9.90 Å². The lowest BCUT2D eigenvalue weighted by Gasteiger charge is -2.15. The fourth-order valence-corrected chi connectivity index (χ4v) is 1.57. The second kappa shape index (κ2) is 5.07. The number of rotatable bonds is 3. The van der Waals surface area contributed by atoms with Gasteiger partial charge in [-0.2, -0.15) is 0 Å². The molecule has 3 N–H and O–H groups in total. The molecule has 1 atom stereocenters. The molecule has 0 aromatic rings. The van der Waals surface area contributed by atoms with Crippen molar-refractivity contribution in [3.05, 3.63) is 0 Å². The topological polar surface area (TPSA) is 61.4 Å². The minimum absolute atomic E-state index is 0.0158. The second-order valence-corrected chi connectivity index (χ2v) is 3.68. The van der Waals surface area contributed by atoms with E-state index in [4.69, 9.17) is 5.11 Å².